The Labute approximate surface area is 233 Å². The number of nitrogen functional groups attached to an aromatic ring is 1. The van der Waals surface area contributed by atoms with Crippen LogP contribution < -0.4 is 5.73 Å². The van der Waals surface area contributed by atoms with Gasteiger partial charge >= 0.3 is 5.97 Å². The molecule has 0 spiro atoms. The van der Waals surface area contributed by atoms with Gasteiger partial charge in [-0.15, -0.1) is 0 Å². The van der Waals surface area contributed by atoms with Crippen LogP contribution in [0.15, 0.2) is 85.1 Å². The zero-order valence-corrected chi connectivity index (χ0v) is 22.4. The van der Waals surface area contributed by atoms with Gasteiger partial charge in [0, 0.05) is 24.0 Å². The van der Waals surface area contributed by atoms with Crippen molar-refractivity contribution in [2.24, 2.45) is 11.8 Å². The molecule has 1 saturated heterocycles. The number of likely N-dealkylation sites (tertiary alicyclic amines) is 1. The zero-order chi connectivity index (χ0) is 27.6. The topological polar surface area (TPSA) is 110 Å². The lowest BCUT2D eigenvalue weighted by Crippen LogP contribution is -2.36. The summed E-state index contributed by atoms with van der Waals surface area (Å²) < 4.78 is 2.05. The molecular weight excluding hydrogens is 500 g/mol. The first-order valence-electron chi connectivity index (χ1n) is 13.7. The predicted molar refractivity (Wildman–Crippen MR) is 157 cm³/mol. The minimum Gasteiger partial charge on any atom is -0.481 e. The van der Waals surface area contributed by atoms with E-state index in [9.17, 15) is 9.90 Å². The van der Waals surface area contributed by atoms with E-state index in [2.05, 4.69) is 50.8 Å². The number of nitrogens with two attached hydrogens (primary N) is 1. The van der Waals surface area contributed by atoms with Gasteiger partial charge in [-0.1, -0.05) is 49.4 Å². The van der Waals surface area contributed by atoms with E-state index < -0.39 is 5.97 Å². The monoisotopic (exact) mass is 532 g/mol. The molecule has 5 aromatic rings. The van der Waals surface area contributed by atoms with Crippen LogP contribution in [-0.2, 0) is 11.3 Å². The molecule has 1 fully saturated rings. The Kier molecular flexibility index (Phi) is 7.00. The van der Waals surface area contributed by atoms with Crippen LogP contribution in [0, 0.1) is 11.8 Å². The quantitative estimate of drug-likeness (QED) is 0.278. The number of aromatic nitrogens is 4. The number of piperidine rings is 1. The van der Waals surface area contributed by atoms with Gasteiger partial charge in [-0.2, -0.15) is 0 Å². The summed E-state index contributed by atoms with van der Waals surface area (Å²) in [5.74, 6) is 0.377. The number of hydrogen-bond acceptors (Lipinski definition) is 6. The second-order valence-electron chi connectivity index (χ2n) is 10.5. The zero-order valence-electron chi connectivity index (χ0n) is 22.4. The number of benzene rings is 2. The van der Waals surface area contributed by atoms with Crippen LogP contribution in [-0.4, -0.2) is 48.6 Å². The lowest BCUT2D eigenvalue weighted by Gasteiger charge is -2.33. The molecule has 40 heavy (non-hydrogen) atoms. The predicted octanol–water partition coefficient (Wildman–Crippen LogP) is 5.66. The Balaban J connectivity index is 1.32. The summed E-state index contributed by atoms with van der Waals surface area (Å²) in [5, 5.41) is 9.35. The Morgan fingerprint density at radius 2 is 1.73 bits per heavy atom. The van der Waals surface area contributed by atoms with Crippen LogP contribution in [0.2, 0.25) is 0 Å². The third-order valence-electron chi connectivity index (χ3n) is 7.98. The van der Waals surface area contributed by atoms with Gasteiger partial charge < -0.3 is 10.8 Å². The van der Waals surface area contributed by atoms with Gasteiger partial charge in [-0.25, -0.2) is 15.0 Å². The van der Waals surface area contributed by atoms with Gasteiger partial charge in [0.2, 0.25) is 0 Å². The summed E-state index contributed by atoms with van der Waals surface area (Å²) in [6.07, 6.45) is 3.51. The molecule has 1 atom stereocenters. The van der Waals surface area contributed by atoms with E-state index in [-0.39, 0.29) is 11.8 Å². The Bertz CT molecular complexity index is 1640. The highest BCUT2D eigenvalue weighted by molar-refractivity contribution is 5.84. The van der Waals surface area contributed by atoms with E-state index in [0.717, 1.165) is 66.1 Å². The van der Waals surface area contributed by atoms with Gasteiger partial charge in [0.05, 0.1) is 17.2 Å². The van der Waals surface area contributed by atoms with E-state index in [1.54, 1.807) is 6.20 Å². The van der Waals surface area contributed by atoms with Crippen LogP contribution in [0.1, 0.15) is 25.3 Å². The normalized spacial score (nSPS) is 15.3. The number of rotatable bonds is 7. The van der Waals surface area contributed by atoms with Crippen molar-refractivity contribution in [3.63, 3.8) is 0 Å². The lowest BCUT2D eigenvalue weighted by molar-refractivity contribution is -0.143. The number of carbonyl (C=O) groups is 1. The number of anilines is 1. The number of pyridine rings is 2. The van der Waals surface area contributed by atoms with Crippen molar-refractivity contribution in [2.75, 3.05) is 18.8 Å². The number of carboxylic acid groups (broad SMARTS) is 1. The van der Waals surface area contributed by atoms with E-state index >= 15 is 0 Å². The number of hydrogen-bond donors (Lipinski definition) is 2. The van der Waals surface area contributed by atoms with Crippen LogP contribution in [0.3, 0.4) is 0 Å². The summed E-state index contributed by atoms with van der Waals surface area (Å²) in [5.41, 5.74) is 12.6. The molecule has 2 aromatic carbocycles. The van der Waals surface area contributed by atoms with Crippen LogP contribution >= 0.6 is 0 Å². The molecule has 0 amide bonds. The van der Waals surface area contributed by atoms with Crippen molar-refractivity contribution in [1.29, 1.82) is 0 Å². The molecule has 1 aliphatic rings. The molecule has 1 aliphatic heterocycles. The largest absolute Gasteiger partial charge is 0.481 e. The Hall–Kier alpha value is -4.56. The lowest BCUT2D eigenvalue weighted by atomic mass is 9.85. The van der Waals surface area contributed by atoms with Crippen LogP contribution in [0.5, 0.6) is 0 Å². The van der Waals surface area contributed by atoms with Crippen LogP contribution in [0.4, 0.5) is 5.82 Å². The molecule has 1 unspecified atom stereocenters. The van der Waals surface area contributed by atoms with E-state index in [4.69, 9.17) is 15.7 Å². The molecule has 3 N–H and O–H groups in total. The van der Waals surface area contributed by atoms with E-state index in [1.165, 1.54) is 5.56 Å². The molecule has 0 bridgehead atoms. The first-order valence-corrected chi connectivity index (χ1v) is 13.7. The maximum Gasteiger partial charge on any atom is 0.306 e. The Morgan fingerprint density at radius 1 is 0.975 bits per heavy atom. The summed E-state index contributed by atoms with van der Waals surface area (Å²) in [6.45, 7) is 4.48. The number of carboxylic acids is 1. The van der Waals surface area contributed by atoms with Crippen molar-refractivity contribution in [3.05, 3.63) is 90.6 Å². The molecular formula is C32H32N6O2. The fourth-order valence-electron chi connectivity index (χ4n) is 5.58. The van der Waals surface area contributed by atoms with Gasteiger partial charge in [0.1, 0.15) is 11.3 Å². The molecule has 6 rings (SSSR count). The van der Waals surface area contributed by atoms with Gasteiger partial charge in [-0.3, -0.25) is 14.3 Å². The molecule has 8 nitrogen and oxygen atoms in total. The summed E-state index contributed by atoms with van der Waals surface area (Å²) in [6, 6.07) is 26.4. The fourth-order valence-corrected chi connectivity index (χ4v) is 5.58. The summed E-state index contributed by atoms with van der Waals surface area (Å²) in [4.78, 5) is 28.0. The van der Waals surface area contributed by atoms with Crippen molar-refractivity contribution in [2.45, 2.75) is 26.3 Å². The van der Waals surface area contributed by atoms with Crippen LogP contribution in [0.25, 0.3) is 39.5 Å². The maximum absolute atomic E-state index is 11.4. The highest BCUT2D eigenvalue weighted by Gasteiger charge is 2.28. The van der Waals surface area contributed by atoms with E-state index in [1.807, 2.05) is 49.4 Å². The highest BCUT2D eigenvalue weighted by Crippen LogP contribution is 2.32. The second-order valence-corrected chi connectivity index (χ2v) is 10.5. The summed E-state index contributed by atoms with van der Waals surface area (Å²) >= 11 is 0. The molecule has 0 radical (unpaired) electrons. The minimum absolute atomic E-state index is 0.247. The number of aliphatic carboxylic acids is 1. The summed E-state index contributed by atoms with van der Waals surface area (Å²) in [7, 11) is 0. The third kappa shape index (κ3) is 5.05. The first-order chi connectivity index (χ1) is 19.5. The number of nitrogens with zero attached hydrogens (tertiary/aromatic N) is 5. The van der Waals surface area contributed by atoms with Gasteiger partial charge in [0.15, 0.2) is 11.5 Å². The fraction of sp³-hybridized carbons (Fsp3) is 0.250. The number of fused-ring (bicyclic) bond motifs is 1. The smallest absolute Gasteiger partial charge is 0.306 e. The SMILES string of the molecule is CC(C(=O)O)C1CCN(Cc2ccc(-n3c(-c4cccnc4N)nc4ccc(-c5ccccc5)nc43)cc2)CC1. The molecule has 202 valence electrons. The number of imidazole rings is 1. The van der Waals surface area contributed by atoms with E-state index in [0.29, 0.717) is 11.6 Å². The average molecular weight is 533 g/mol. The molecule has 0 saturated carbocycles. The third-order valence-corrected chi connectivity index (χ3v) is 7.98. The maximum atomic E-state index is 11.4. The van der Waals surface area contributed by atoms with Gasteiger partial charge in [0.25, 0.3) is 0 Å². The van der Waals surface area contributed by atoms with Gasteiger partial charge in [-0.05, 0) is 73.8 Å². The first kappa shape index (κ1) is 25.7. The molecule has 3 aromatic heterocycles. The van der Waals surface area contributed by atoms with Crippen molar-refractivity contribution >= 4 is 23.0 Å². The van der Waals surface area contributed by atoms with Crippen molar-refractivity contribution < 1.29 is 9.90 Å². The highest BCUT2D eigenvalue weighted by atomic mass is 16.4. The molecule has 8 heteroatoms. The average Bonchev–Trinajstić information content (AvgIpc) is 3.37. The molecule has 0 aliphatic carbocycles. The van der Waals surface area contributed by atoms with Crippen molar-refractivity contribution in [3.8, 4) is 28.3 Å². The minimum atomic E-state index is -0.696. The molecule has 4 heterocycles. The standard InChI is InChI=1S/C32H32N6O2/c1-21(32(39)40)23-15-18-37(19-16-23)20-22-9-11-25(12-10-22)38-30(26-8-5-17-34-29(26)33)36-28-14-13-27(35-31(28)38)24-6-3-2-4-7-24/h2-14,17,21,23H,15-16,18-20H2,1H3,(H2,33,34)(H,39,40). The van der Waals surface area contributed by atoms with Crippen molar-refractivity contribution in [1.82, 2.24) is 24.4 Å². The second kappa shape index (κ2) is 10.9. The Morgan fingerprint density at radius 3 is 2.42 bits per heavy atom.